The van der Waals surface area contributed by atoms with Crippen molar-refractivity contribution < 1.29 is 9.59 Å². The molecule has 2 rings (SSSR count). The van der Waals surface area contributed by atoms with Crippen LogP contribution in [0.5, 0.6) is 0 Å². The number of hydrogen-bond donors (Lipinski definition) is 2. The highest BCUT2D eigenvalue weighted by molar-refractivity contribution is 6.00. The van der Waals surface area contributed by atoms with Gasteiger partial charge in [0, 0.05) is 24.3 Å². The SMILES string of the molecule is CNCC(=O)c1cccc(N2CCNCC2=O)c1. The monoisotopic (exact) mass is 247 g/mol. The van der Waals surface area contributed by atoms with Gasteiger partial charge in [-0.25, -0.2) is 0 Å². The summed E-state index contributed by atoms with van der Waals surface area (Å²) in [6, 6.07) is 7.23. The molecule has 0 unspecified atom stereocenters. The zero-order valence-corrected chi connectivity index (χ0v) is 10.4. The molecule has 1 aliphatic heterocycles. The zero-order chi connectivity index (χ0) is 13.0. The number of hydrogen-bond acceptors (Lipinski definition) is 4. The highest BCUT2D eigenvalue weighted by atomic mass is 16.2. The van der Waals surface area contributed by atoms with Crippen LogP contribution >= 0.6 is 0 Å². The third-order valence-electron chi connectivity index (χ3n) is 2.91. The van der Waals surface area contributed by atoms with Gasteiger partial charge in [0.15, 0.2) is 5.78 Å². The molecule has 1 saturated heterocycles. The first-order valence-corrected chi connectivity index (χ1v) is 6.01. The minimum absolute atomic E-state index is 0.0296. The predicted octanol–water partition coefficient (Wildman–Crippen LogP) is 0.0249. The molecule has 0 aliphatic carbocycles. The Kier molecular flexibility index (Phi) is 4.07. The smallest absolute Gasteiger partial charge is 0.240 e. The number of benzene rings is 1. The van der Waals surface area contributed by atoms with Gasteiger partial charge in [0.1, 0.15) is 0 Å². The summed E-state index contributed by atoms with van der Waals surface area (Å²) in [5.41, 5.74) is 1.43. The number of carbonyl (C=O) groups is 2. The number of anilines is 1. The Labute approximate surface area is 106 Å². The van der Waals surface area contributed by atoms with Crippen LogP contribution < -0.4 is 15.5 Å². The van der Waals surface area contributed by atoms with Crippen molar-refractivity contribution in [3.05, 3.63) is 29.8 Å². The Morgan fingerprint density at radius 3 is 3.06 bits per heavy atom. The van der Waals surface area contributed by atoms with Crippen molar-refractivity contribution in [1.82, 2.24) is 10.6 Å². The molecule has 2 N–H and O–H groups in total. The number of carbonyl (C=O) groups excluding carboxylic acids is 2. The number of likely N-dealkylation sites (N-methyl/N-ethyl adjacent to an activating group) is 1. The van der Waals surface area contributed by atoms with E-state index in [1.165, 1.54) is 0 Å². The van der Waals surface area contributed by atoms with Crippen molar-refractivity contribution in [1.29, 1.82) is 0 Å². The van der Waals surface area contributed by atoms with E-state index >= 15 is 0 Å². The van der Waals surface area contributed by atoms with E-state index in [9.17, 15) is 9.59 Å². The topological polar surface area (TPSA) is 61.4 Å². The Hall–Kier alpha value is -1.72. The zero-order valence-electron chi connectivity index (χ0n) is 10.4. The summed E-state index contributed by atoms with van der Waals surface area (Å²) < 4.78 is 0. The van der Waals surface area contributed by atoms with Gasteiger partial charge in [0.2, 0.25) is 5.91 Å². The second kappa shape index (κ2) is 5.75. The lowest BCUT2D eigenvalue weighted by Crippen LogP contribution is -2.48. The fourth-order valence-electron chi connectivity index (χ4n) is 1.99. The van der Waals surface area contributed by atoms with Gasteiger partial charge in [-0.3, -0.25) is 9.59 Å². The molecule has 0 aromatic heterocycles. The van der Waals surface area contributed by atoms with Crippen molar-refractivity contribution in [2.45, 2.75) is 0 Å². The molecule has 0 atom stereocenters. The maximum Gasteiger partial charge on any atom is 0.240 e. The number of rotatable bonds is 4. The molecule has 0 spiro atoms. The van der Waals surface area contributed by atoms with Crippen molar-refractivity contribution in [2.24, 2.45) is 0 Å². The molecule has 5 nitrogen and oxygen atoms in total. The highest BCUT2D eigenvalue weighted by Gasteiger charge is 2.19. The number of amides is 1. The summed E-state index contributed by atoms with van der Waals surface area (Å²) in [5, 5.41) is 5.86. The average Bonchev–Trinajstić information content (AvgIpc) is 2.40. The summed E-state index contributed by atoms with van der Waals surface area (Å²) in [7, 11) is 1.74. The molecule has 0 radical (unpaired) electrons. The lowest BCUT2D eigenvalue weighted by atomic mass is 10.1. The molecule has 18 heavy (non-hydrogen) atoms. The van der Waals surface area contributed by atoms with Gasteiger partial charge in [0.25, 0.3) is 0 Å². The number of nitrogens with one attached hydrogen (secondary N) is 2. The Morgan fingerprint density at radius 1 is 1.50 bits per heavy atom. The first kappa shape index (κ1) is 12.7. The Morgan fingerprint density at radius 2 is 2.33 bits per heavy atom. The van der Waals surface area contributed by atoms with Crippen molar-refractivity contribution in [3.63, 3.8) is 0 Å². The van der Waals surface area contributed by atoms with Crippen LogP contribution in [-0.4, -0.2) is 44.9 Å². The maximum absolute atomic E-state index is 11.8. The van der Waals surface area contributed by atoms with Crippen LogP contribution in [0.2, 0.25) is 0 Å². The van der Waals surface area contributed by atoms with E-state index in [1.54, 1.807) is 24.1 Å². The first-order chi connectivity index (χ1) is 8.72. The summed E-state index contributed by atoms with van der Waals surface area (Å²) in [5.74, 6) is 0.0707. The van der Waals surface area contributed by atoms with Gasteiger partial charge < -0.3 is 15.5 Å². The largest absolute Gasteiger partial charge is 0.313 e. The van der Waals surface area contributed by atoms with E-state index in [4.69, 9.17) is 0 Å². The van der Waals surface area contributed by atoms with E-state index < -0.39 is 0 Å². The van der Waals surface area contributed by atoms with E-state index in [-0.39, 0.29) is 11.7 Å². The van der Waals surface area contributed by atoms with Gasteiger partial charge in [-0.1, -0.05) is 12.1 Å². The molecule has 0 bridgehead atoms. The summed E-state index contributed by atoms with van der Waals surface area (Å²) in [4.78, 5) is 25.3. The van der Waals surface area contributed by atoms with Crippen molar-refractivity contribution >= 4 is 17.4 Å². The Balaban J connectivity index is 2.21. The quantitative estimate of drug-likeness (QED) is 0.737. The van der Waals surface area contributed by atoms with Crippen LogP contribution in [-0.2, 0) is 4.79 Å². The molecular weight excluding hydrogens is 230 g/mol. The minimum Gasteiger partial charge on any atom is -0.313 e. The molecule has 96 valence electrons. The minimum atomic E-state index is 0.0296. The van der Waals surface area contributed by atoms with E-state index in [2.05, 4.69) is 10.6 Å². The van der Waals surface area contributed by atoms with Crippen molar-refractivity contribution in [3.8, 4) is 0 Å². The molecule has 5 heteroatoms. The van der Waals surface area contributed by atoms with Crippen LogP contribution in [0, 0.1) is 0 Å². The summed E-state index contributed by atoms with van der Waals surface area (Å²) in [6.07, 6.45) is 0. The first-order valence-electron chi connectivity index (χ1n) is 6.01. The fraction of sp³-hybridized carbons (Fsp3) is 0.385. The predicted molar refractivity (Wildman–Crippen MR) is 69.9 cm³/mol. The highest BCUT2D eigenvalue weighted by Crippen LogP contribution is 2.17. The van der Waals surface area contributed by atoms with E-state index in [0.717, 1.165) is 12.2 Å². The van der Waals surface area contributed by atoms with E-state index in [0.29, 0.717) is 25.2 Å². The second-order valence-corrected chi connectivity index (χ2v) is 4.23. The third-order valence-corrected chi connectivity index (χ3v) is 2.91. The van der Waals surface area contributed by atoms with Gasteiger partial charge in [-0.2, -0.15) is 0 Å². The van der Waals surface area contributed by atoms with Gasteiger partial charge >= 0.3 is 0 Å². The van der Waals surface area contributed by atoms with Gasteiger partial charge in [-0.15, -0.1) is 0 Å². The molecule has 1 fully saturated rings. The van der Waals surface area contributed by atoms with Gasteiger partial charge in [-0.05, 0) is 19.2 Å². The molecule has 1 aliphatic rings. The van der Waals surface area contributed by atoms with Crippen molar-refractivity contribution in [2.75, 3.05) is 38.1 Å². The van der Waals surface area contributed by atoms with Gasteiger partial charge in [0.05, 0.1) is 13.1 Å². The normalized spacial score (nSPS) is 15.8. The number of ketones is 1. The van der Waals surface area contributed by atoms with Crippen LogP contribution in [0.25, 0.3) is 0 Å². The van der Waals surface area contributed by atoms with Crippen LogP contribution in [0.4, 0.5) is 5.69 Å². The summed E-state index contributed by atoms with van der Waals surface area (Å²) in [6.45, 7) is 2.08. The summed E-state index contributed by atoms with van der Waals surface area (Å²) >= 11 is 0. The fourth-order valence-corrected chi connectivity index (χ4v) is 1.99. The molecule has 1 heterocycles. The second-order valence-electron chi connectivity index (χ2n) is 4.23. The third kappa shape index (κ3) is 2.75. The number of piperazine rings is 1. The number of Topliss-reactive ketones (excluding diaryl/α,β-unsaturated/α-hetero) is 1. The van der Waals surface area contributed by atoms with E-state index in [1.807, 2.05) is 12.1 Å². The molecule has 1 aromatic rings. The van der Waals surface area contributed by atoms with Crippen LogP contribution in [0.15, 0.2) is 24.3 Å². The molecular formula is C13H17N3O2. The molecule has 1 aromatic carbocycles. The number of nitrogens with zero attached hydrogens (tertiary/aromatic N) is 1. The van der Waals surface area contributed by atoms with Crippen LogP contribution in [0.3, 0.4) is 0 Å². The lowest BCUT2D eigenvalue weighted by Gasteiger charge is -2.27. The maximum atomic E-state index is 11.8. The molecule has 1 amide bonds. The average molecular weight is 247 g/mol. The molecule has 0 saturated carbocycles. The standard InChI is InChI=1S/C13H17N3O2/c1-14-8-12(17)10-3-2-4-11(7-10)16-6-5-15-9-13(16)18/h2-4,7,14-15H,5-6,8-9H2,1H3. The lowest BCUT2D eigenvalue weighted by molar-refractivity contribution is -0.118. The van der Waals surface area contributed by atoms with Crippen LogP contribution in [0.1, 0.15) is 10.4 Å². The Bertz CT molecular complexity index is 459.